The highest BCUT2D eigenvalue weighted by Crippen LogP contribution is 2.43. The molecule has 0 spiro atoms. The molecule has 1 atom stereocenters. The molecular weight excluding hydrogens is 413 g/mol. The molecule has 1 aromatic carbocycles. The monoisotopic (exact) mass is 433 g/mol. The Morgan fingerprint density at radius 3 is 2.41 bits per heavy atom. The second kappa shape index (κ2) is 7.88. The van der Waals surface area contributed by atoms with E-state index in [1.807, 2.05) is 0 Å². The molecular formula is C22H21Cl2NO4. The first-order chi connectivity index (χ1) is 13.9. The van der Waals surface area contributed by atoms with Gasteiger partial charge in [-0.3, -0.25) is 9.59 Å². The van der Waals surface area contributed by atoms with Gasteiger partial charge < -0.3 is 14.4 Å². The van der Waals surface area contributed by atoms with Gasteiger partial charge in [-0.15, -0.1) is 0 Å². The number of halogens is 2. The second-order valence-electron chi connectivity index (χ2n) is 7.58. The van der Waals surface area contributed by atoms with E-state index in [0.29, 0.717) is 22.1 Å². The number of Topliss-reactive ketones (excluding diaryl/α,β-unsaturated/α-hetero) is 1. The quantitative estimate of drug-likeness (QED) is 0.385. The molecule has 7 heteroatoms. The third-order valence-corrected chi connectivity index (χ3v) is 6.41. The third kappa shape index (κ3) is 3.58. The van der Waals surface area contributed by atoms with Crippen molar-refractivity contribution in [2.45, 2.75) is 51.1 Å². The molecule has 4 rings (SSSR count). The highest BCUT2D eigenvalue weighted by atomic mass is 35.5. The highest BCUT2D eigenvalue weighted by molar-refractivity contribution is 6.47. The van der Waals surface area contributed by atoms with E-state index in [2.05, 4.69) is 0 Å². The van der Waals surface area contributed by atoms with Crippen LogP contribution in [-0.2, 0) is 9.59 Å². The van der Waals surface area contributed by atoms with Gasteiger partial charge in [0.05, 0.1) is 15.6 Å². The summed E-state index contributed by atoms with van der Waals surface area (Å²) >= 11 is 12.1. The van der Waals surface area contributed by atoms with Crippen LogP contribution >= 0.6 is 23.2 Å². The zero-order valence-corrected chi connectivity index (χ0v) is 17.5. The number of ketones is 1. The predicted molar refractivity (Wildman–Crippen MR) is 111 cm³/mol. The lowest BCUT2D eigenvalue weighted by molar-refractivity contribution is -0.142. The molecule has 1 saturated heterocycles. The molecule has 2 aliphatic rings. The fourth-order valence-corrected chi connectivity index (χ4v) is 4.56. The average molecular weight is 434 g/mol. The molecule has 2 aromatic rings. The molecule has 152 valence electrons. The number of aliphatic hydroxyl groups excluding tert-OH is 1. The number of benzene rings is 1. The molecule has 1 saturated carbocycles. The molecule has 0 bridgehead atoms. The Balaban J connectivity index is 1.87. The maximum Gasteiger partial charge on any atom is 0.296 e. The SMILES string of the molecule is Cc1ccc(C2/C(=C(/O)c3ccc(Cl)c(Cl)c3)C(=O)C(=O)N2C2CCCCC2)o1. The molecule has 1 amide bonds. The van der Waals surface area contributed by atoms with Crippen molar-refractivity contribution >= 4 is 40.7 Å². The maximum absolute atomic E-state index is 13.0. The number of rotatable bonds is 3. The molecule has 1 N–H and O–H groups in total. The lowest BCUT2D eigenvalue weighted by Gasteiger charge is -2.34. The van der Waals surface area contributed by atoms with Crippen molar-refractivity contribution in [3.8, 4) is 0 Å². The van der Waals surface area contributed by atoms with Gasteiger partial charge in [-0.05, 0) is 50.1 Å². The first kappa shape index (κ1) is 20.0. The van der Waals surface area contributed by atoms with Gasteiger partial charge in [-0.25, -0.2) is 0 Å². The number of furan rings is 1. The van der Waals surface area contributed by atoms with Crippen LogP contribution in [0, 0.1) is 6.92 Å². The minimum Gasteiger partial charge on any atom is -0.507 e. The summed E-state index contributed by atoms with van der Waals surface area (Å²) in [6.07, 6.45) is 4.79. The average Bonchev–Trinajstić information content (AvgIpc) is 3.25. The van der Waals surface area contributed by atoms with Crippen molar-refractivity contribution in [2.24, 2.45) is 0 Å². The number of aryl methyl sites for hydroxylation is 1. The third-order valence-electron chi connectivity index (χ3n) is 5.67. The van der Waals surface area contributed by atoms with Crippen molar-refractivity contribution in [1.29, 1.82) is 0 Å². The van der Waals surface area contributed by atoms with Crippen molar-refractivity contribution < 1.29 is 19.1 Å². The number of hydrogen-bond acceptors (Lipinski definition) is 4. The van der Waals surface area contributed by atoms with E-state index in [9.17, 15) is 14.7 Å². The van der Waals surface area contributed by atoms with E-state index in [4.69, 9.17) is 27.6 Å². The Hall–Kier alpha value is -2.24. The number of aliphatic hydroxyl groups is 1. The number of likely N-dealkylation sites (tertiary alicyclic amines) is 1. The van der Waals surface area contributed by atoms with Gasteiger partial charge >= 0.3 is 0 Å². The Morgan fingerprint density at radius 1 is 1.07 bits per heavy atom. The van der Waals surface area contributed by atoms with Crippen molar-refractivity contribution in [1.82, 2.24) is 4.90 Å². The Morgan fingerprint density at radius 2 is 1.79 bits per heavy atom. The summed E-state index contributed by atoms with van der Waals surface area (Å²) in [5, 5.41) is 11.6. The van der Waals surface area contributed by atoms with Crippen LogP contribution in [0.1, 0.15) is 55.2 Å². The molecule has 2 heterocycles. The second-order valence-corrected chi connectivity index (χ2v) is 8.39. The van der Waals surface area contributed by atoms with E-state index in [0.717, 1.165) is 32.1 Å². The zero-order valence-electron chi connectivity index (χ0n) is 16.0. The fourth-order valence-electron chi connectivity index (χ4n) is 4.26. The van der Waals surface area contributed by atoms with Crippen LogP contribution in [0.2, 0.25) is 10.0 Å². The number of carbonyl (C=O) groups excluding carboxylic acids is 2. The largest absolute Gasteiger partial charge is 0.507 e. The smallest absolute Gasteiger partial charge is 0.296 e. The number of amides is 1. The van der Waals surface area contributed by atoms with E-state index in [1.165, 1.54) is 6.07 Å². The van der Waals surface area contributed by atoms with Gasteiger partial charge in [0.25, 0.3) is 11.7 Å². The predicted octanol–water partition coefficient (Wildman–Crippen LogP) is 5.65. The van der Waals surface area contributed by atoms with E-state index in [-0.39, 0.29) is 22.4 Å². The topological polar surface area (TPSA) is 70.8 Å². The number of nitrogens with zero attached hydrogens (tertiary/aromatic N) is 1. The van der Waals surface area contributed by atoms with Gasteiger partial charge in [0, 0.05) is 11.6 Å². The summed E-state index contributed by atoms with van der Waals surface area (Å²) in [5.74, 6) is -0.451. The fraction of sp³-hybridized carbons (Fsp3) is 0.364. The number of carbonyl (C=O) groups is 2. The van der Waals surface area contributed by atoms with E-state index >= 15 is 0 Å². The summed E-state index contributed by atoms with van der Waals surface area (Å²) in [4.78, 5) is 27.6. The zero-order chi connectivity index (χ0) is 20.7. The van der Waals surface area contributed by atoms with Crippen molar-refractivity contribution in [2.75, 3.05) is 0 Å². The maximum atomic E-state index is 13.0. The Bertz CT molecular complexity index is 1000. The van der Waals surface area contributed by atoms with Crippen LogP contribution in [0.15, 0.2) is 40.3 Å². The summed E-state index contributed by atoms with van der Waals surface area (Å²) < 4.78 is 5.81. The van der Waals surface area contributed by atoms with E-state index in [1.54, 1.807) is 36.1 Å². The Labute approximate surface area is 178 Å². The normalized spacial score (nSPS) is 22.4. The van der Waals surface area contributed by atoms with Crippen LogP contribution in [0.25, 0.3) is 5.76 Å². The van der Waals surface area contributed by atoms with Crippen LogP contribution in [0.5, 0.6) is 0 Å². The van der Waals surface area contributed by atoms with Gasteiger partial charge in [-0.1, -0.05) is 42.5 Å². The van der Waals surface area contributed by atoms with Gasteiger partial charge in [0.1, 0.15) is 23.3 Å². The summed E-state index contributed by atoms with van der Waals surface area (Å²) in [7, 11) is 0. The van der Waals surface area contributed by atoms with Crippen LogP contribution < -0.4 is 0 Å². The van der Waals surface area contributed by atoms with Gasteiger partial charge in [0.15, 0.2) is 0 Å². The lowest BCUT2D eigenvalue weighted by atomic mass is 9.92. The van der Waals surface area contributed by atoms with Gasteiger partial charge in [0.2, 0.25) is 0 Å². The molecule has 1 aliphatic heterocycles. The molecule has 5 nitrogen and oxygen atoms in total. The highest BCUT2D eigenvalue weighted by Gasteiger charge is 2.50. The van der Waals surface area contributed by atoms with Gasteiger partial charge in [-0.2, -0.15) is 0 Å². The van der Waals surface area contributed by atoms with Crippen LogP contribution in [-0.4, -0.2) is 27.7 Å². The summed E-state index contributed by atoms with van der Waals surface area (Å²) in [6, 6.07) is 7.32. The van der Waals surface area contributed by atoms with Crippen molar-refractivity contribution in [3.05, 3.63) is 63.0 Å². The molecule has 1 aliphatic carbocycles. The first-order valence-corrected chi connectivity index (χ1v) is 10.5. The molecule has 29 heavy (non-hydrogen) atoms. The Kier molecular flexibility index (Phi) is 5.45. The van der Waals surface area contributed by atoms with Crippen molar-refractivity contribution in [3.63, 3.8) is 0 Å². The number of hydrogen-bond donors (Lipinski definition) is 1. The summed E-state index contributed by atoms with van der Waals surface area (Å²) in [5.41, 5.74) is 0.350. The lowest BCUT2D eigenvalue weighted by Crippen LogP contribution is -2.40. The summed E-state index contributed by atoms with van der Waals surface area (Å²) in [6.45, 7) is 1.80. The molecule has 0 radical (unpaired) electrons. The standard InChI is InChI=1S/C22H21Cl2NO4/c1-12-7-10-17(29-12)19-18(20(26)13-8-9-15(23)16(24)11-13)21(27)22(28)25(19)14-5-3-2-4-6-14/h7-11,14,19,26H,2-6H2,1H3/b20-18-. The van der Waals surface area contributed by atoms with Crippen LogP contribution in [0.4, 0.5) is 0 Å². The first-order valence-electron chi connectivity index (χ1n) is 9.70. The minimum absolute atomic E-state index is 0.0216. The molecule has 1 aromatic heterocycles. The molecule has 2 fully saturated rings. The van der Waals surface area contributed by atoms with Crippen LogP contribution in [0.3, 0.4) is 0 Å². The molecule has 1 unspecified atom stereocenters. The minimum atomic E-state index is -0.763. The van der Waals surface area contributed by atoms with E-state index < -0.39 is 17.7 Å².